The van der Waals surface area contributed by atoms with E-state index in [4.69, 9.17) is 0 Å². The monoisotopic (exact) mass is 313 g/mol. The second-order valence-electron chi connectivity index (χ2n) is 5.44. The van der Waals surface area contributed by atoms with Crippen molar-refractivity contribution in [2.75, 3.05) is 11.9 Å². The quantitative estimate of drug-likeness (QED) is 0.541. The highest BCUT2D eigenvalue weighted by molar-refractivity contribution is 6.31. The summed E-state index contributed by atoms with van der Waals surface area (Å²) < 4.78 is 0. The van der Waals surface area contributed by atoms with Gasteiger partial charge in [-0.25, -0.2) is 0 Å². The molecule has 4 N–H and O–H groups in total. The number of nitrogens with one attached hydrogen (secondary N) is 1. The van der Waals surface area contributed by atoms with Crippen LogP contribution in [-0.4, -0.2) is 33.4 Å². The van der Waals surface area contributed by atoms with Crippen LogP contribution in [0.1, 0.15) is 44.3 Å². The van der Waals surface area contributed by atoms with Crippen LogP contribution < -0.4 is 5.32 Å². The summed E-state index contributed by atoms with van der Waals surface area (Å²) in [5, 5.41) is 33.1. The molecule has 6 heteroatoms. The van der Waals surface area contributed by atoms with E-state index in [0.717, 1.165) is 6.07 Å². The highest BCUT2D eigenvalue weighted by atomic mass is 16.3. The van der Waals surface area contributed by atoms with Gasteiger partial charge in [-0.1, -0.05) is 0 Å². The van der Waals surface area contributed by atoms with E-state index in [1.54, 1.807) is 13.8 Å². The number of carbonyl (C=O) groups excluding carboxylic acids is 2. The third kappa shape index (κ3) is 2.03. The fraction of sp³-hybridized carbons (Fsp3) is 0.176. The molecule has 0 heterocycles. The Kier molecular flexibility index (Phi) is 3.25. The molecule has 0 aliphatic heterocycles. The summed E-state index contributed by atoms with van der Waals surface area (Å²) in [4.78, 5) is 25.3. The normalized spacial score (nSPS) is 12.8. The van der Waals surface area contributed by atoms with Crippen LogP contribution in [0.2, 0.25) is 0 Å². The average molecular weight is 313 g/mol. The number of phenolic OH excluding ortho intramolecular Hbond substituents is 3. The van der Waals surface area contributed by atoms with E-state index >= 15 is 0 Å². The predicted molar refractivity (Wildman–Crippen MR) is 83.6 cm³/mol. The van der Waals surface area contributed by atoms with Crippen molar-refractivity contribution in [3.05, 3.63) is 46.0 Å². The molecule has 0 unspecified atom stereocenters. The van der Waals surface area contributed by atoms with Crippen molar-refractivity contribution >= 4 is 17.3 Å². The molecule has 23 heavy (non-hydrogen) atoms. The van der Waals surface area contributed by atoms with E-state index in [1.807, 2.05) is 0 Å². The Labute approximate surface area is 132 Å². The highest BCUT2D eigenvalue weighted by Gasteiger charge is 2.36. The summed E-state index contributed by atoms with van der Waals surface area (Å²) in [6.07, 6.45) is 0. The lowest BCUT2D eigenvalue weighted by Gasteiger charge is -2.22. The van der Waals surface area contributed by atoms with Crippen molar-refractivity contribution in [3.63, 3.8) is 0 Å². The topological polar surface area (TPSA) is 107 Å². The van der Waals surface area contributed by atoms with E-state index in [1.165, 1.54) is 12.1 Å². The Morgan fingerprint density at radius 3 is 2.22 bits per heavy atom. The van der Waals surface area contributed by atoms with Gasteiger partial charge in [-0.3, -0.25) is 9.59 Å². The molecule has 0 bridgehead atoms. The van der Waals surface area contributed by atoms with Gasteiger partial charge < -0.3 is 20.6 Å². The number of hydrogen-bond donors (Lipinski definition) is 4. The van der Waals surface area contributed by atoms with Crippen LogP contribution in [0.4, 0.5) is 5.69 Å². The molecule has 1 aliphatic rings. The summed E-state index contributed by atoms with van der Waals surface area (Å²) in [7, 11) is 0. The van der Waals surface area contributed by atoms with Gasteiger partial charge in [-0.2, -0.15) is 0 Å². The van der Waals surface area contributed by atoms with Gasteiger partial charge in [-0.15, -0.1) is 0 Å². The number of phenols is 3. The minimum atomic E-state index is -0.649. The van der Waals surface area contributed by atoms with E-state index in [2.05, 4.69) is 5.32 Å². The van der Waals surface area contributed by atoms with Gasteiger partial charge in [0.05, 0.1) is 11.1 Å². The molecule has 0 saturated carbocycles. The van der Waals surface area contributed by atoms with Crippen molar-refractivity contribution in [2.24, 2.45) is 0 Å². The maximum absolute atomic E-state index is 12.7. The molecule has 0 spiro atoms. The predicted octanol–water partition coefficient (Wildman–Crippen LogP) is 2.32. The Balaban J connectivity index is 2.34. The summed E-state index contributed by atoms with van der Waals surface area (Å²) in [6, 6.07) is 4.05. The van der Waals surface area contributed by atoms with Gasteiger partial charge in [0.15, 0.2) is 11.5 Å². The van der Waals surface area contributed by atoms with E-state index in [9.17, 15) is 24.9 Å². The van der Waals surface area contributed by atoms with Crippen LogP contribution in [-0.2, 0) is 0 Å². The van der Waals surface area contributed by atoms with Gasteiger partial charge in [0, 0.05) is 17.7 Å². The van der Waals surface area contributed by atoms with Crippen LogP contribution in [0.5, 0.6) is 17.2 Å². The number of fused-ring (bicyclic) bond motifs is 2. The number of carbonyl (C=O) groups is 2. The first kappa shape index (κ1) is 14.9. The standard InChI is InChI=1S/C17H15NO5/c1-3-18-14-11(20)6-9-13(17(14)23)16(22)12-8(15(9)21)4-7(2)5-10(12)19/h4-6,18-20,23H,3H2,1-2H3. The lowest BCUT2D eigenvalue weighted by molar-refractivity contribution is 0.0974. The van der Waals surface area contributed by atoms with E-state index in [-0.39, 0.29) is 39.4 Å². The first-order chi connectivity index (χ1) is 10.9. The Morgan fingerprint density at radius 2 is 1.57 bits per heavy atom. The molecule has 0 amide bonds. The number of anilines is 1. The van der Waals surface area contributed by atoms with Crippen LogP contribution in [0.15, 0.2) is 18.2 Å². The smallest absolute Gasteiger partial charge is 0.202 e. The number of hydrogen-bond acceptors (Lipinski definition) is 6. The molecule has 0 atom stereocenters. The fourth-order valence-corrected chi connectivity index (χ4v) is 2.87. The summed E-state index contributed by atoms with van der Waals surface area (Å²) >= 11 is 0. The molecule has 2 aromatic rings. The van der Waals surface area contributed by atoms with E-state index < -0.39 is 17.3 Å². The Morgan fingerprint density at radius 1 is 0.913 bits per heavy atom. The molecule has 0 saturated heterocycles. The van der Waals surface area contributed by atoms with Crippen molar-refractivity contribution in [3.8, 4) is 17.2 Å². The summed E-state index contributed by atoms with van der Waals surface area (Å²) in [5.74, 6) is -2.29. The number of benzene rings is 2. The minimum absolute atomic E-state index is 0.0116. The second kappa shape index (κ2) is 5.01. The Hall–Kier alpha value is -3.02. The molecule has 2 aromatic carbocycles. The zero-order chi connectivity index (χ0) is 16.9. The van der Waals surface area contributed by atoms with Crippen molar-refractivity contribution in [2.45, 2.75) is 13.8 Å². The number of ketones is 2. The SMILES string of the molecule is CCNc1c(O)cc2c(c1O)C(=O)c1c(O)cc(C)cc1C2=O. The first-order valence-electron chi connectivity index (χ1n) is 7.12. The van der Waals surface area contributed by atoms with Crippen LogP contribution in [0.3, 0.4) is 0 Å². The zero-order valence-corrected chi connectivity index (χ0v) is 12.6. The molecule has 0 fully saturated rings. The second-order valence-corrected chi connectivity index (χ2v) is 5.44. The molecule has 1 aliphatic carbocycles. The largest absolute Gasteiger partial charge is 0.507 e. The van der Waals surface area contributed by atoms with Gasteiger partial charge in [0.1, 0.15) is 17.2 Å². The molecule has 6 nitrogen and oxygen atoms in total. The number of rotatable bonds is 2. The summed E-state index contributed by atoms with van der Waals surface area (Å²) in [5.41, 5.74) is 0.261. The third-order valence-corrected chi connectivity index (χ3v) is 3.84. The molecule has 0 radical (unpaired) electrons. The third-order valence-electron chi connectivity index (χ3n) is 3.84. The van der Waals surface area contributed by atoms with Gasteiger partial charge in [0.25, 0.3) is 0 Å². The van der Waals surface area contributed by atoms with Gasteiger partial charge >= 0.3 is 0 Å². The van der Waals surface area contributed by atoms with Crippen molar-refractivity contribution in [1.82, 2.24) is 0 Å². The maximum Gasteiger partial charge on any atom is 0.202 e. The lowest BCUT2D eigenvalue weighted by atomic mass is 9.82. The molecular weight excluding hydrogens is 298 g/mol. The fourth-order valence-electron chi connectivity index (χ4n) is 2.87. The van der Waals surface area contributed by atoms with Crippen molar-refractivity contribution < 1.29 is 24.9 Å². The number of aryl methyl sites for hydroxylation is 1. The summed E-state index contributed by atoms with van der Waals surface area (Å²) in [6.45, 7) is 3.86. The van der Waals surface area contributed by atoms with Gasteiger partial charge in [0.2, 0.25) is 5.78 Å². The lowest BCUT2D eigenvalue weighted by Crippen LogP contribution is -2.22. The Bertz CT molecular complexity index is 870. The molecule has 0 aromatic heterocycles. The highest BCUT2D eigenvalue weighted by Crippen LogP contribution is 2.44. The first-order valence-corrected chi connectivity index (χ1v) is 7.12. The zero-order valence-electron chi connectivity index (χ0n) is 12.6. The van der Waals surface area contributed by atoms with Crippen LogP contribution in [0, 0.1) is 6.92 Å². The molecule has 3 rings (SSSR count). The molecular formula is C17H15NO5. The number of aromatic hydroxyl groups is 3. The van der Waals surface area contributed by atoms with Crippen LogP contribution in [0.25, 0.3) is 0 Å². The van der Waals surface area contributed by atoms with Crippen molar-refractivity contribution in [1.29, 1.82) is 0 Å². The average Bonchev–Trinajstić information content (AvgIpc) is 2.47. The van der Waals surface area contributed by atoms with Gasteiger partial charge in [-0.05, 0) is 37.6 Å². The minimum Gasteiger partial charge on any atom is -0.507 e. The van der Waals surface area contributed by atoms with Crippen LogP contribution >= 0.6 is 0 Å². The maximum atomic E-state index is 12.7. The van der Waals surface area contributed by atoms with E-state index in [0.29, 0.717) is 12.1 Å². The molecule has 118 valence electrons.